The molecule has 7 heteroatoms. The van der Waals surface area contributed by atoms with Gasteiger partial charge in [-0.3, -0.25) is 4.79 Å². The molecule has 0 fully saturated rings. The van der Waals surface area contributed by atoms with Gasteiger partial charge in [-0.2, -0.15) is 13.2 Å². The molecule has 0 atom stereocenters. The van der Waals surface area contributed by atoms with Gasteiger partial charge in [-0.15, -0.1) is 0 Å². The first-order chi connectivity index (χ1) is 4.88. The molecule has 0 aromatic heterocycles. The van der Waals surface area contributed by atoms with Crippen molar-refractivity contribution >= 4 is 27.9 Å². The Morgan fingerprint density at radius 3 is 2.09 bits per heavy atom. The molecular formula is C4H2BrF3O3. The molecule has 11 heavy (non-hydrogen) atoms. The smallest absolute Gasteiger partial charge is 0.386 e. The summed E-state index contributed by atoms with van der Waals surface area (Å²) in [6, 6.07) is 0. The minimum atomic E-state index is -5.11. The lowest BCUT2D eigenvalue weighted by Gasteiger charge is -2.02. The summed E-state index contributed by atoms with van der Waals surface area (Å²) in [7, 11) is 0. The van der Waals surface area contributed by atoms with Crippen LogP contribution in [0.15, 0.2) is 0 Å². The highest BCUT2D eigenvalue weighted by Crippen LogP contribution is 2.16. The lowest BCUT2D eigenvalue weighted by Crippen LogP contribution is -2.28. The van der Waals surface area contributed by atoms with E-state index in [1.54, 1.807) is 0 Å². The van der Waals surface area contributed by atoms with Gasteiger partial charge in [0.1, 0.15) is 5.33 Å². The highest BCUT2D eigenvalue weighted by molar-refractivity contribution is 9.09. The van der Waals surface area contributed by atoms with Crippen LogP contribution in [-0.2, 0) is 14.3 Å². The molecule has 0 unspecified atom stereocenters. The zero-order chi connectivity index (χ0) is 9.07. The number of carbonyl (C=O) groups excluding carboxylic acids is 2. The first kappa shape index (κ1) is 10.4. The predicted octanol–water partition coefficient (Wildman–Crippen LogP) is 1.01. The Labute approximate surface area is 67.6 Å². The van der Waals surface area contributed by atoms with Gasteiger partial charge in [-0.05, 0) is 0 Å². The van der Waals surface area contributed by atoms with Crippen LogP contribution < -0.4 is 0 Å². The minimum absolute atomic E-state index is 0.450. The van der Waals surface area contributed by atoms with Crippen molar-refractivity contribution < 1.29 is 27.5 Å². The number of alkyl halides is 4. The average Bonchev–Trinajstić information content (AvgIpc) is 1.85. The molecule has 0 N–H and O–H groups in total. The van der Waals surface area contributed by atoms with E-state index in [0.717, 1.165) is 0 Å². The largest absolute Gasteiger partial charge is 0.491 e. The van der Waals surface area contributed by atoms with Crippen molar-refractivity contribution in [3.63, 3.8) is 0 Å². The highest BCUT2D eigenvalue weighted by Gasteiger charge is 2.42. The molecule has 0 heterocycles. The van der Waals surface area contributed by atoms with Crippen LogP contribution in [0.1, 0.15) is 0 Å². The van der Waals surface area contributed by atoms with Crippen LogP contribution in [0.2, 0.25) is 0 Å². The summed E-state index contributed by atoms with van der Waals surface area (Å²) in [5.41, 5.74) is 0. The normalized spacial score (nSPS) is 10.9. The van der Waals surface area contributed by atoms with Gasteiger partial charge in [0, 0.05) is 0 Å². The molecule has 0 aliphatic carbocycles. The van der Waals surface area contributed by atoms with Gasteiger partial charge in [0.05, 0.1) is 0 Å². The Balaban J connectivity index is 3.99. The second kappa shape index (κ2) is 3.70. The molecule has 0 amide bonds. The fourth-order valence-corrected chi connectivity index (χ4v) is 0.303. The first-order valence-corrected chi connectivity index (χ1v) is 3.38. The molecule has 0 saturated carbocycles. The van der Waals surface area contributed by atoms with Crippen LogP contribution in [0.5, 0.6) is 0 Å². The number of hydrogen-bond donors (Lipinski definition) is 0. The summed E-state index contributed by atoms with van der Waals surface area (Å²) in [5.74, 6) is -3.77. The van der Waals surface area contributed by atoms with Crippen LogP contribution in [0.25, 0.3) is 0 Å². The average molecular weight is 235 g/mol. The standard InChI is InChI=1S/C4H2BrF3O3/c5-1-2(9)11-3(10)4(6,7)8/h1H2. The van der Waals surface area contributed by atoms with Crippen molar-refractivity contribution in [2.45, 2.75) is 6.18 Å². The Morgan fingerprint density at radius 2 is 1.82 bits per heavy atom. The quantitative estimate of drug-likeness (QED) is 0.387. The van der Waals surface area contributed by atoms with E-state index in [4.69, 9.17) is 0 Å². The third-order valence-electron chi connectivity index (χ3n) is 0.547. The third-order valence-corrected chi connectivity index (χ3v) is 1.00. The van der Waals surface area contributed by atoms with Crippen molar-refractivity contribution in [2.75, 3.05) is 5.33 Å². The number of ether oxygens (including phenoxy) is 1. The van der Waals surface area contributed by atoms with Crippen LogP contribution in [-0.4, -0.2) is 23.4 Å². The number of carbonyl (C=O) groups is 2. The van der Waals surface area contributed by atoms with Crippen LogP contribution in [0, 0.1) is 0 Å². The number of hydrogen-bond acceptors (Lipinski definition) is 3. The van der Waals surface area contributed by atoms with Gasteiger partial charge >= 0.3 is 18.1 Å². The lowest BCUT2D eigenvalue weighted by molar-refractivity contribution is -0.201. The summed E-state index contributed by atoms with van der Waals surface area (Å²) >= 11 is 2.52. The lowest BCUT2D eigenvalue weighted by atomic mass is 10.6. The van der Waals surface area contributed by atoms with E-state index in [9.17, 15) is 22.8 Å². The Kier molecular flexibility index (Phi) is 3.50. The number of halogens is 4. The third kappa shape index (κ3) is 3.97. The molecule has 0 rings (SSSR count). The molecule has 0 saturated heterocycles. The van der Waals surface area contributed by atoms with Crippen molar-refractivity contribution in [1.82, 2.24) is 0 Å². The van der Waals surface area contributed by atoms with Crippen molar-refractivity contribution in [3.05, 3.63) is 0 Å². The van der Waals surface area contributed by atoms with Gasteiger partial charge in [0.15, 0.2) is 0 Å². The van der Waals surface area contributed by atoms with Crippen molar-refractivity contribution in [3.8, 4) is 0 Å². The maximum absolute atomic E-state index is 11.3. The van der Waals surface area contributed by atoms with Crippen LogP contribution in [0.3, 0.4) is 0 Å². The molecule has 0 aromatic rings. The second-order valence-corrected chi connectivity index (χ2v) is 1.95. The fourth-order valence-electron chi connectivity index (χ4n) is 0.189. The van der Waals surface area contributed by atoms with E-state index in [1.807, 2.05) is 0 Å². The molecule has 0 radical (unpaired) electrons. The molecule has 64 valence electrons. The molecular weight excluding hydrogens is 233 g/mol. The summed E-state index contributed by atoms with van der Waals surface area (Å²) < 4.78 is 37.2. The molecule has 0 aliphatic heterocycles. The summed E-state index contributed by atoms with van der Waals surface area (Å²) in [6.45, 7) is 0. The molecule has 0 aromatic carbocycles. The highest BCUT2D eigenvalue weighted by atomic mass is 79.9. The maximum atomic E-state index is 11.3. The summed E-state index contributed by atoms with van der Waals surface area (Å²) in [4.78, 5) is 19.9. The zero-order valence-corrected chi connectivity index (χ0v) is 6.53. The van der Waals surface area contributed by atoms with Crippen molar-refractivity contribution in [1.29, 1.82) is 0 Å². The van der Waals surface area contributed by atoms with Gasteiger partial charge in [0.2, 0.25) is 0 Å². The molecule has 0 spiro atoms. The number of esters is 2. The first-order valence-electron chi connectivity index (χ1n) is 2.25. The topological polar surface area (TPSA) is 43.4 Å². The minimum Gasteiger partial charge on any atom is -0.386 e. The van der Waals surface area contributed by atoms with Gasteiger partial charge in [-0.1, -0.05) is 15.9 Å². The molecule has 3 nitrogen and oxygen atoms in total. The van der Waals surface area contributed by atoms with Gasteiger partial charge in [-0.25, -0.2) is 4.79 Å². The monoisotopic (exact) mass is 234 g/mol. The maximum Gasteiger partial charge on any atom is 0.491 e. The predicted molar refractivity (Wildman–Crippen MR) is 30.9 cm³/mol. The Bertz CT molecular complexity index is 176. The molecule has 0 aliphatic rings. The van der Waals surface area contributed by atoms with Gasteiger partial charge in [0.25, 0.3) is 0 Å². The fraction of sp³-hybridized carbons (Fsp3) is 0.500. The molecule has 0 bridgehead atoms. The summed E-state index contributed by atoms with van der Waals surface area (Å²) in [6.07, 6.45) is -5.11. The van der Waals surface area contributed by atoms with E-state index in [1.165, 1.54) is 0 Å². The van der Waals surface area contributed by atoms with Gasteiger partial charge < -0.3 is 4.74 Å². The van der Waals surface area contributed by atoms with Crippen LogP contribution >= 0.6 is 15.9 Å². The van der Waals surface area contributed by atoms with E-state index >= 15 is 0 Å². The van der Waals surface area contributed by atoms with Crippen molar-refractivity contribution in [2.24, 2.45) is 0 Å². The van der Waals surface area contributed by atoms with E-state index in [-0.39, 0.29) is 0 Å². The second-order valence-electron chi connectivity index (χ2n) is 1.39. The Hall–Kier alpha value is -0.590. The van der Waals surface area contributed by atoms with Crippen LogP contribution in [0.4, 0.5) is 13.2 Å². The zero-order valence-electron chi connectivity index (χ0n) is 4.94. The van der Waals surface area contributed by atoms with E-state index < -0.39 is 23.4 Å². The SMILES string of the molecule is O=C(CBr)OC(=O)C(F)(F)F. The Morgan fingerprint density at radius 1 is 1.36 bits per heavy atom. The summed E-state index contributed by atoms with van der Waals surface area (Å²) in [5, 5.41) is -0.450. The van der Waals surface area contributed by atoms with E-state index in [2.05, 4.69) is 20.7 Å². The van der Waals surface area contributed by atoms with E-state index in [0.29, 0.717) is 0 Å². The number of rotatable bonds is 1.